The van der Waals surface area contributed by atoms with E-state index in [0.717, 1.165) is 16.5 Å². The van der Waals surface area contributed by atoms with E-state index in [1.807, 2.05) is 47.4 Å². The molecule has 0 radical (unpaired) electrons. The molecule has 8 heteroatoms. The van der Waals surface area contributed by atoms with Crippen LogP contribution >= 0.6 is 0 Å². The van der Waals surface area contributed by atoms with Gasteiger partial charge in [-0.3, -0.25) is 14.5 Å². The molecule has 0 unspecified atom stereocenters. The van der Waals surface area contributed by atoms with Crippen LogP contribution in [0.15, 0.2) is 83.3 Å². The maximum atomic E-state index is 13.0. The molecule has 0 spiro atoms. The number of piperazine rings is 1. The molecule has 2 heterocycles. The molecule has 4 aromatic rings. The van der Waals surface area contributed by atoms with Crippen LogP contribution in [-0.2, 0) is 11.4 Å². The van der Waals surface area contributed by atoms with Gasteiger partial charge in [0.2, 0.25) is 5.91 Å². The Morgan fingerprint density at radius 1 is 0.889 bits per heavy atom. The van der Waals surface area contributed by atoms with E-state index < -0.39 is 0 Å². The van der Waals surface area contributed by atoms with Crippen molar-refractivity contribution >= 4 is 28.3 Å². The van der Waals surface area contributed by atoms with E-state index in [1.54, 1.807) is 17.0 Å². The lowest BCUT2D eigenvalue weighted by molar-refractivity contribution is -0.117. The lowest BCUT2D eigenvalue weighted by atomic mass is 10.1. The largest absolute Gasteiger partial charge is 0.486 e. The summed E-state index contributed by atoms with van der Waals surface area (Å²) in [7, 11) is 0. The van der Waals surface area contributed by atoms with Crippen molar-refractivity contribution in [1.82, 2.24) is 9.80 Å². The highest BCUT2D eigenvalue weighted by molar-refractivity contribution is 5.93. The molecule has 0 aliphatic carbocycles. The van der Waals surface area contributed by atoms with Crippen molar-refractivity contribution in [1.29, 1.82) is 0 Å². The Balaban J connectivity index is 1.09. The standard InChI is InChI=1S/C28H26FN3O4/c29-22-6-8-23(9-7-22)30-27(33)18-31-13-15-32(16-14-31)28(34)26-12-11-25(36-26)19-35-24-10-5-20-3-1-2-4-21(20)17-24/h1-12,17H,13-16,18-19H2,(H,30,33). The Labute approximate surface area is 208 Å². The first-order chi connectivity index (χ1) is 17.5. The Hall–Kier alpha value is -4.17. The number of rotatable bonds is 7. The number of ether oxygens (including phenoxy) is 1. The van der Waals surface area contributed by atoms with Gasteiger partial charge in [-0.25, -0.2) is 4.39 Å². The smallest absolute Gasteiger partial charge is 0.289 e. The molecule has 1 aliphatic rings. The molecular formula is C28H26FN3O4. The van der Waals surface area contributed by atoms with E-state index in [1.165, 1.54) is 24.3 Å². The van der Waals surface area contributed by atoms with Gasteiger partial charge >= 0.3 is 0 Å². The number of anilines is 1. The molecule has 1 fully saturated rings. The third-order valence-electron chi connectivity index (χ3n) is 6.13. The van der Waals surface area contributed by atoms with Gasteiger partial charge in [-0.05, 0) is 59.3 Å². The lowest BCUT2D eigenvalue weighted by Crippen LogP contribution is -2.50. The molecule has 0 saturated carbocycles. The maximum Gasteiger partial charge on any atom is 0.289 e. The van der Waals surface area contributed by atoms with E-state index in [-0.39, 0.29) is 36.5 Å². The average Bonchev–Trinajstić information content (AvgIpc) is 3.38. The highest BCUT2D eigenvalue weighted by atomic mass is 19.1. The van der Waals surface area contributed by atoms with Gasteiger partial charge < -0.3 is 19.4 Å². The zero-order chi connectivity index (χ0) is 24.9. The lowest BCUT2D eigenvalue weighted by Gasteiger charge is -2.33. The van der Waals surface area contributed by atoms with Crippen LogP contribution in [0.4, 0.5) is 10.1 Å². The Kier molecular flexibility index (Phi) is 6.95. The van der Waals surface area contributed by atoms with Crippen molar-refractivity contribution in [2.45, 2.75) is 6.61 Å². The minimum Gasteiger partial charge on any atom is -0.486 e. The monoisotopic (exact) mass is 487 g/mol. The SMILES string of the molecule is O=C(CN1CCN(C(=O)c2ccc(COc3ccc4ccccc4c3)o2)CC1)Nc1ccc(F)cc1. The molecule has 1 aromatic heterocycles. The average molecular weight is 488 g/mol. The number of carbonyl (C=O) groups is 2. The number of furan rings is 1. The first-order valence-corrected chi connectivity index (χ1v) is 11.8. The van der Waals surface area contributed by atoms with Gasteiger partial charge in [-0.2, -0.15) is 0 Å². The summed E-state index contributed by atoms with van der Waals surface area (Å²) in [6.07, 6.45) is 0. The maximum absolute atomic E-state index is 13.0. The molecular weight excluding hydrogens is 461 g/mol. The minimum atomic E-state index is -0.352. The third-order valence-corrected chi connectivity index (χ3v) is 6.13. The fourth-order valence-electron chi connectivity index (χ4n) is 4.18. The number of carbonyl (C=O) groups excluding carboxylic acids is 2. The van der Waals surface area contributed by atoms with Crippen LogP contribution in [0.2, 0.25) is 0 Å². The molecule has 0 atom stereocenters. The van der Waals surface area contributed by atoms with Crippen molar-refractivity contribution in [2.75, 3.05) is 38.0 Å². The molecule has 1 saturated heterocycles. The second kappa shape index (κ2) is 10.6. The predicted molar refractivity (Wildman–Crippen MR) is 134 cm³/mol. The number of amides is 2. The number of nitrogens with zero attached hydrogens (tertiary/aromatic N) is 2. The van der Waals surface area contributed by atoms with Crippen LogP contribution in [0.3, 0.4) is 0 Å². The summed E-state index contributed by atoms with van der Waals surface area (Å²) in [6, 6.07) is 23.0. The van der Waals surface area contributed by atoms with Gasteiger partial charge in [-0.15, -0.1) is 0 Å². The summed E-state index contributed by atoms with van der Waals surface area (Å²) >= 11 is 0. The number of benzene rings is 3. The number of hydrogen-bond acceptors (Lipinski definition) is 5. The van der Waals surface area contributed by atoms with Crippen LogP contribution in [0, 0.1) is 5.82 Å². The summed E-state index contributed by atoms with van der Waals surface area (Å²) in [6.45, 7) is 2.56. The number of nitrogens with one attached hydrogen (secondary N) is 1. The summed E-state index contributed by atoms with van der Waals surface area (Å²) in [5.74, 6) is 0.871. The van der Waals surface area contributed by atoms with E-state index in [9.17, 15) is 14.0 Å². The van der Waals surface area contributed by atoms with Crippen molar-refractivity contribution in [2.24, 2.45) is 0 Å². The molecule has 1 N–H and O–H groups in total. The molecule has 1 aliphatic heterocycles. The molecule has 184 valence electrons. The van der Waals surface area contributed by atoms with Crippen LogP contribution in [-0.4, -0.2) is 54.3 Å². The fourth-order valence-corrected chi connectivity index (χ4v) is 4.18. The number of fused-ring (bicyclic) bond motifs is 1. The third kappa shape index (κ3) is 5.72. The molecule has 0 bridgehead atoms. The van der Waals surface area contributed by atoms with E-state index >= 15 is 0 Å². The summed E-state index contributed by atoms with van der Waals surface area (Å²) in [5.41, 5.74) is 0.549. The van der Waals surface area contributed by atoms with Gasteiger partial charge in [0.1, 0.15) is 23.9 Å². The summed E-state index contributed by atoms with van der Waals surface area (Å²) in [5, 5.41) is 4.99. The van der Waals surface area contributed by atoms with Gasteiger partial charge in [0.05, 0.1) is 6.54 Å². The quantitative estimate of drug-likeness (QED) is 0.414. The Morgan fingerprint density at radius 3 is 2.42 bits per heavy atom. The van der Waals surface area contributed by atoms with Crippen molar-refractivity contribution in [3.8, 4) is 5.75 Å². The van der Waals surface area contributed by atoms with Crippen molar-refractivity contribution < 1.29 is 23.1 Å². The van der Waals surface area contributed by atoms with Crippen LogP contribution in [0.1, 0.15) is 16.3 Å². The summed E-state index contributed by atoms with van der Waals surface area (Å²) in [4.78, 5) is 28.9. The molecule has 3 aromatic carbocycles. The molecule has 7 nitrogen and oxygen atoms in total. The van der Waals surface area contributed by atoms with Gasteiger partial charge in [-0.1, -0.05) is 30.3 Å². The van der Waals surface area contributed by atoms with Gasteiger partial charge in [0.15, 0.2) is 5.76 Å². The number of halogens is 1. The van der Waals surface area contributed by atoms with Crippen molar-refractivity contribution in [3.63, 3.8) is 0 Å². The highest BCUT2D eigenvalue weighted by Gasteiger charge is 2.25. The highest BCUT2D eigenvalue weighted by Crippen LogP contribution is 2.22. The Morgan fingerprint density at radius 2 is 1.64 bits per heavy atom. The van der Waals surface area contributed by atoms with Crippen LogP contribution in [0.25, 0.3) is 10.8 Å². The second-order valence-corrected chi connectivity index (χ2v) is 8.69. The fraction of sp³-hybridized carbons (Fsp3) is 0.214. The Bertz CT molecular complexity index is 1360. The number of hydrogen-bond donors (Lipinski definition) is 1. The van der Waals surface area contributed by atoms with Crippen molar-refractivity contribution in [3.05, 3.63) is 96.2 Å². The van der Waals surface area contributed by atoms with E-state index in [4.69, 9.17) is 9.15 Å². The van der Waals surface area contributed by atoms with Gasteiger partial charge in [0.25, 0.3) is 5.91 Å². The zero-order valence-corrected chi connectivity index (χ0v) is 19.7. The van der Waals surface area contributed by atoms with Crippen LogP contribution < -0.4 is 10.1 Å². The first kappa shape index (κ1) is 23.6. The second-order valence-electron chi connectivity index (χ2n) is 8.69. The van der Waals surface area contributed by atoms with E-state index in [2.05, 4.69) is 5.32 Å². The topological polar surface area (TPSA) is 75.0 Å². The summed E-state index contributed by atoms with van der Waals surface area (Å²) < 4.78 is 24.6. The first-order valence-electron chi connectivity index (χ1n) is 11.8. The normalized spacial score (nSPS) is 14.1. The van der Waals surface area contributed by atoms with E-state index in [0.29, 0.717) is 37.6 Å². The minimum absolute atomic E-state index is 0.177. The predicted octanol–water partition coefficient (Wildman–Crippen LogP) is 4.55. The van der Waals surface area contributed by atoms with Gasteiger partial charge in [0, 0.05) is 31.9 Å². The molecule has 5 rings (SSSR count). The van der Waals surface area contributed by atoms with Crippen LogP contribution in [0.5, 0.6) is 5.75 Å². The molecule has 2 amide bonds. The molecule has 36 heavy (non-hydrogen) atoms. The zero-order valence-electron chi connectivity index (χ0n) is 19.7.